The maximum absolute atomic E-state index is 10.2. The quantitative estimate of drug-likeness (QED) is 0.154. The van der Waals surface area contributed by atoms with E-state index >= 15 is 0 Å². The van der Waals surface area contributed by atoms with Crippen molar-refractivity contribution in [3.63, 3.8) is 0 Å². The van der Waals surface area contributed by atoms with Gasteiger partial charge in [-0.15, -0.1) is 11.3 Å². The molecule has 0 saturated carbocycles. The van der Waals surface area contributed by atoms with Gasteiger partial charge in [-0.1, -0.05) is 47.6 Å². The van der Waals surface area contributed by atoms with E-state index in [1.807, 2.05) is 29.6 Å². The smallest absolute Gasteiger partial charge is 0.146 e. The number of benzene rings is 2. The molecule has 0 atom stereocenters. The molecule has 0 spiro atoms. The van der Waals surface area contributed by atoms with Gasteiger partial charge in [0, 0.05) is 40.9 Å². The first-order chi connectivity index (χ1) is 19.1. The van der Waals surface area contributed by atoms with Crippen LogP contribution in [0.1, 0.15) is 16.8 Å². The van der Waals surface area contributed by atoms with Crippen LogP contribution in [0, 0.1) is 22.7 Å². The summed E-state index contributed by atoms with van der Waals surface area (Å²) in [6.07, 6.45) is 0. The number of pyridine rings is 1. The number of methoxy groups -OCH3 is 1. The molecule has 4 rings (SSSR count). The minimum absolute atomic E-state index is 0.0967. The Morgan fingerprint density at radius 2 is 1.72 bits per heavy atom. The average molecular weight is 578 g/mol. The largest absolute Gasteiger partial charge is 0.491 e. The molecule has 4 aromatic rings. The molecule has 0 amide bonds. The normalized spacial score (nSPS) is 10.6. The Morgan fingerprint density at radius 3 is 2.38 bits per heavy atom. The molecule has 0 aliphatic heterocycles. The third kappa shape index (κ3) is 7.07. The molecule has 2 aromatic heterocycles. The molecular formula is C28H24ClN5O3S2. The summed E-state index contributed by atoms with van der Waals surface area (Å²) < 4.78 is 10.6. The molecule has 0 bridgehead atoms. The molecule has 2 N–H and O–H groups in total. The molecule has 0 unspecified atom stereocenters. The lowest BCUT2D eigenvalue weighted by Gasteiger charge is -2.16. The number of aliphatic hydroxyl groups is 1. The van der Waals surface area contributed by atoms with Crippen LogP contribution in [0.3, 0.4) is 0 Å². The maximum Gasteiger partial charge on any atom is 0.146 e. The number of aromatic nitrogens is 2. The van der Waals surface area contributed by atoms with Gasteiger partial charge in [0.15, 0.2) is 0 Å². The second kappa shape index (κ2) is 13.9. The molecule has 0 saturated heterocycles. The van der Waals surface area contributed by atoms with E-state index in [4.69, 9.17) is 31.2 Å². The molecule has 198 valence electrons. The van der Waals surface area contributed by atoms with Gasteiger partial charge in [-0.3, -0.25) is 0 Å². The number of thioether (sulfide) groups is 1. The summed E-state index contributed by atoms with van der Waals surface area (Å²) in [5.41, 5.74) is 3.59. The van der Waals surface area contributed by atoms with E-state index in [-0.39, 0.29) is 18.8 Å². The van der Waals surface area contributed by atoms with E-state index in [0.717, 1.165) is 16.3 Å². The summed E-state index contributed by atoms with van der Waals surface area (Å²) >= 11 is 8.93. The summed E-state index contributed by atoms with van der Waals surface area (Å²) in [6.45, 7) is 0.943. The van der Waals surface area contributed by atoms with Crippen LogP contribution >= 0.6 is 34.7 Å². The summed E-state index contributed by atoms with van der Waals surface area (Å²) in [5, 5.41) is 36.5. The Kier molecular flexibility index (Phi) is 10.1. The van der Waals surface area contributed by atoms with Crippen molar-refractivity contribution >= 4 is 40.5 Å². The van der Waals surface area contributed by atoms with Crippen molar-refractivity contribution in [2.24, 2.45) is 0 Å². The van der Waals surface area contributed by atoms with Crippen LogP contribution in [0.15, 0.2) is 58.9 Å². The molecule has 0 fully saturated rings. The summed E-state index contributed by atoms with van der Waals surface area (Å²) in [5.74, 6) is 1.45. The number of nitrogens with one attached hydrogen (secondary N) is 1. The third-order valence-corrected chi connectivity index (χ3v) is 7.69. The van der Waals surface area contributed by atoms with E-state index in [0.29, 0.717) is 57.2 Å². The molecule has 0 aliphatic carbocycles. The minimum Gasteiger partial charge on any atom is -0.491 e. The highest BCUT2D eigenvalue weighted by atomic mass is 35.5. The van der Waals surface area contributed by atoms with E-state index in [1.54, 1.807) is 31.4 Å². The number of ether oxygens (including phenoxy) is 2. The predicted molar refractivity (Wildman–Crippen MR) is 154 cm³/mol. The van der Waals surface area contributed by atoms with Gasteiger partial charge in [0.05, 0.1) is 24.5 Å². The first kappa shape index (κ1) is 28.4. The highest BCUT2D eigenvalue weighted by Gasteiger charge is 2.22. The second-order valence-corrected chi connectivity index (χ2v) is 10.3. The first-order valence-corrected chi connectivity index (χ1v) is 14.1. The molecule has 39 heavy (non-hydrogen) atoms. The number of rotatable bonds is 12. The molecule has 0 radical (unpaired) electrons. The van der Waals surface area contributed by atoms with Crippen LogP contribution in [-0.4, -0.2) is 48.5 Å². The average Bonchev–Trinajstić information content (AvgIpc) is 3.44. The SMILES string of the molecule is COCCNc1nc(SCc2csc(-c3ccc(Cl)cc3)n2)c(C#N)c(-c2ccc(OCCO)cc2)c1C#N. The van der Waals surface area contributed by atoms with Crippen molar-refractivity contribution in [1.29, 1.82) is 10.5 Å². The van der Waals surface area contributed by atoms with Crippen molar-refractivity contribution in [2.75, 3.05) is 38.8 Å². The Hall–Kier alpha value is -3.64. The van der Waals surface area contributed by atoms with Crippen molar-refractivity contribution < 1.29 is 14.6 Å². The van der Waals surface area contributed by atoms with E-state index in [2.05, 4.69) is 22.4 Å². The van der Waals surface area contributed by atoms with Gasteiger partial charge in [-0.05, 0) is 29.8 Å². The van der Waals surface area contributed by atoms with Gasteiger partial charge in [0.25, 0.3) is 0 Å². The fraction of sp³-hybridized carbons (Fsp3) is 0.214. The van der Waals surface area contributed by atoms with E-state index < -0.39 is 0 Å². The van der Waals surface area contributed by atoms with Crippen LogP contribution in [0.4, 0.5) is 5.82 Å². The Bertz CT molecular complexity index is 1500. The molecule has 11 heteroatoms. The molecule has 2 heterocycles. The zero-order valence-corrected chi connectivity index (χ0v) is 23.4. The number of thiazole rings is 1. The zero-order valence-electron chi connectivity index (χ0n) is 21.0. The lowest BCUT2D eigenvalue weighted by molar-refractivity contribution is 0.201. The Morgan fingerprint density at radius 1 is 1.00 bits per heavy atom. The predicted octanol–water partition coefficient (Wildman–Crippen LogP) is 5.99. The summed E-state index contributed by atoms with van der Waals surface area (Å²) in [6, 6.07) is 19.1. The number of hydrogen-bond acceptors (Lipinski definition) is 10. The minimum atomic E-state index is -0.0967. The van der Waals surface area contributed by atoms with Crippen LogP contribution in [0.5, 0.6) is 5.75 Å². The van der Waals surface area contributed by atoms with E-state index in [1.165, 1.54) is 23.1 Å². The molecule has 8 nitrogen and oxygen atoms in total. The number of nitrogens with zero attached hydrogens (tertiary/aromatic N) is 4. The zero-order chi connectivity index (χ0) is 27.6. The summed E-state index contributed by atoms with van der Waals surface area (Å²) in [4.78, 5) is 9.42. The molecule has 0 aliphatic rings. The van der Waals surface area contributed by atoms with Gasteiger partial charge >= 0.3 is 0 Å². The molecular weight excluding hydrogens is 554 g/mol. The lowest BCUT2D eigenvalue weighted by atomic mass is 9.96. The number of nitriles is 2. The number of halogens is 1. The monoisotopic (exact) mass is 577 g/mol. The first-order valence-electron chi connectivity index (χ1n) is 11.9. The fourth-order valence-electron chi connectivity index (χ4n) is 3.69. The van der Waals surface area contributed by atoms with Crippen LogP contribution < -0.4 is 10.1 Å². The number of aliphatic hydroxyl groups excluding tert-OH is 1. The molecule has 2 aromatic carbocycles. The topological polar surface area (TPSA) is 124 Å². The van der Waals surface area contributed by atoms with Crippen LogP contribution in [0.25, 0.3) is 21.7 Å². The van der Waals surface area contributed by atoms with Gasteiger partial charge in [-0.2, -0.15) is 10.5 Å². The van der Waals surface area contributed by atoms with Crippen LogP contribution in [0.2, 0.25) is 5.02 Å². The Balaban J connectivity index is 1.69. The highest BCUT2D eigenvalue weighted by Crippen LogP contribution is 2.38. The van der Waals surface area contributed by atoms with Crippen molar-refractivity contribution in [3.05, 3.63) is 75.8 Å². The second-order valence-electron chi connectivity index (χ2n) is 8.07. The van der Waals surface area contributed by atoms with Crippen LogP contribution in [-0.2, 0) is 10.5 Å². The summed E-state index contributed by atoms with van der Waals surface area (Å²) in [7, 11) is 1.60. The van der Waals surface area contributed by atoms with Gasteiger partial charge in [-0.25, -0.2) is 9.97 Å². The van der Waals surface area contributed by atoms with Crippen molar-refractivity contribution in [3.8, 4) is 39.6 Å². The fourth-order valence-corrected chi connectivity index (χ4v) is 5.63. The maximum atomic E-state index is 10.2. The van der Waals surface area contributed by atoms with Gasteiger partial charge in [0.2, 0.25) is 0 Å². The third-order valence-electron chi connectivity index (χ3n) is 5.49. The van der Waals surface area contributed by atoms with Crippen molar-refractivity contribution in [1.82, 2.24) is 9.97 Å². The van der Waals surface area contributed by atoms with E-state index in [9.17, 15) is 10.5 Å². The van der Waals surface area contributed by atoms with Gasteiger partial charge in [0.1, 0.15) is 45.9 Å². The standard InChI is InChI=1S/C28H24ClN5O3S2/c1-36-12-10-32-26-23(14-30)25(18-4-8-22(9-5-18)37-13-11-35)24(15-31)28(34-26)39-17-21-16-38-27(33-21)19-2-6-20(29)7-3-19/h2-9,16,35H,10-13,17H2,1H3,(H,32,34). The van der Waals surface area contributed by atoms with Gasteiger partial charge < -0.3 is 19.9 Å². The Labute approximate surface area is 239 Å². The van der Waals surface area contributed by atoms with Crippen molar-refractivity contribution in [2.45, 2.75) is 10.8 Å². The lowest BCUT2D eigenvalue weighted by Crippen LogP contribution is -2.12. The highest BCUT2D eigenvalue weighted by molar-refractivity contribution is 7.98. The number of anilines is 1. The number of hydrogen-bond donors (Lipinski definition) is 2.